The van der Waals surface area contributed by atoms with E-state index in [2.05, 4.69) is 9.71 Å². The molecule has 0 aliphatic heterocycles. The van der Waals surface area contributed by atoms with Crippen molar-refractivity contribution in [3.05, 3.63) is 35.7 Å². The van der Waals surface area contributed by atoms with E-state index in [-0.39, 0.29) is 16.7 Å². The van der Waals surface area contributed by atoms with E-state index in [4.69, 9.17) is 8.83 Å². The molecule has 2 aromatic heterocycles. The Kier molecular flexibility index (Phi) is 3.54. The van der Waals surface area contributed by atoms with Crippen LogP contribution in [0.15, 0.2) is 32.3 Å². The third kappa shape index (κ3) is 2.91. The number of nitrogens with one attached hydrogen (secondary N) is 1. The molecule has 0 spiro atoms. The van der Waals surface area contributed by atoms with Crippen LogP contribution in [0.1, 0.15) is 35.2 Å². The number of nitrogens with zero attached hydrogens (tertiary/aromatic N) is 1. The van der Waals surface area contributed by atoms with Gasteiger partial charge >= 0.3 is 0 Å². The van der Waals surface area contributed by atoms with Crippen molar-refractivity contribution in [1.29, 1.82) is 0 Å². The van der Waals surface area contributed by atoms with E-state index in [1.165, 1.54) is 18.3 Å². The average molecular weight is 284 g/mol. The maximum absolute atomic E-state index is 12.0. The number of carbonyl (C=O) groups is 1. The van der Waals surface area contributed by atoms with Crippen LogP contribution >= 0.6 is 0 Å². The molecule has 0 fully saturated rings. The lowest BCUT2D eigenvalue weighted by Crippen LogP contribution is -2.26. The Morgan fingerprint density at radius 2 is 2.11 bits per heavy atom. The summed E-state index contributed by atoms with van der Waals surface area (Å²) in [6.07, 6.45) is 1.93. The summed E-state index contributed by atoms with van der Waals surface area (Å²) in [4.78, 5) is 14.4. The Morgan fingerprint density at radius 3 is 2.63 bits per heavy atom. The number of rotatable bonds is 5. The lowest BCUT2D eigenvalue weighted by atomic mass is 10.4. The summed E-state index contributed by atoms with van der Waals surface area (Å²) in [7, 11) is -3.86. The zero-order valence-corrected chi connectivity index (χ0v) is 11.1. The van der Waals surface area contributed by atoms with Gasteiger partial charge in [-0.2, -0.15) is 4.72 Å². The molecule has 0 saturated heterocycles. The molecule has 2 rings (SSSR count). The third-order valence-electron chi connectivity index (χ3n) is 2.32. The van der Waals surface area contributed by atoms with Gasteiger partial charge in [-0.15, -0.1) is 0 Å². The summed E-state index contributed by atoms with van der Waals surface area (Å²) in [5.41, 5.74) is 0. The molecule has 0 amide bonds. The van der Waals surface area contributed by atoms with Crippen molar-refractivity contribution in [1.82, 2.24) is 9.71 Å². The average Bonchev–Trinajstić information content (AvgIpc) is 2.96. The van der Waals surface area contributed by atoms with Crippen LogP contribution in [0.2, 0.25) is 0 Å². The van der Waals surface area contributed by atoms with Gasteiger partial charge in [0.1, 0.15) is 5.76 Å². The molecule has 2 heterocycles. The summed E-state index contributed by atoms with van der Waals surface area (Å²) in [6, 6.07) is 1.84. The molecule has 0 radical (unpaired) electrons. The van der Waals surface area contributed by atoms with E-state index >= 15 is 0 Å². The number of hydrogen-bond acceptors (Lipinski definition) is 6. The van der Waals surface area contributed by atoms with Crippen LogP contribution < -0.4 is 4.72 Å². The molecule has 1 unspecified atom stereocenters. The van der Waals surface area contributed by atoms with E-state index in [1.807, 2.05) is 0 Å². The minimum atomic E-state index is -3.86. The third-order valence-corrected chi connectivity index (χ3v) is 3.74. The second-order valence-corrected chi connectivity index (χ2v) is 5.57. The van der Waals surface area contributed by atoms with Gasteiger partial charge in [0, 0.05) is 0 Å². The van der Waals surface area contributed by atoms with E-state index in [1.54, 1.807) is 13.8 Å². The monoisotopic (exact) mass is 284 g/mol. The molecule has 102 valence electrons. The fourth-order valence-electron chi connectivity index (χ4n) is 1.46. The molecule has 0 aromatic carbocycles. The summed E-state index contributed by atoms with van der Waals surface area (Å²) < 4.78 is 36.4. The molecule has 7 nitrogen and oxygen atoms in total. The topological polar surface area (TPSA) is 102 Å². The number of carbonyl (C=O) groups excluding carboxylic acids is 1. The molecule has 8 heteroatoms. The molecule has 0 aliphatic rings. The summed E-state index contributed by atoms with van der Waals surface area (Å²) in [5.74, 6) is 0.783. The molecular formula is C11H12N2O5S. The number of aldehydes is 1. The SMILES string of the molecule is Cc1cnc(C(C)NS(=O)(=O)c2ccc(C=O)o2)o1. The van der Waals surface area contributed by atoms with Crippen LogP contribution in [-0.4, -0.2) is 19.7 Å². The lowest BCUT2D eigenvalue weighted by molar-refractivity contribution is 0.109. The summed E-state index contributed by atoms with van der Waals surface area (Å²) in [5, 5.41) is -0.329. The zero-order valence-electron chi connectivity index (χ0n) is 10.3. The van der Waals surface area contributed by atoms with Crippen molar-refractivity contribution in [2.75, 3.05) is 0 Å². The van der Waals surface area contributed by atoms with Crippen molar-refractivity contribution in [2.24, 2.45) is 0 Å². The van der Waals surface area contributed by atoms with Gasteiger partial charge in [-0.25, -0.2) is 13.4 Å². The smallest absolute Gasteiger partial charge is 0.274 e. The van der Waals surface area contributed by atoms with Gasteiger partial charge in [-0.1, -0.05) is 0 Å². The summed E-state index contributed by atoms with van der Waals surface area (Å²) >= 11 is 0. The maximum atomic E-state index is 12.0. The van der Waals surface area contributed by atoms with E-state index in [0.717, 1.165) is 0 Å². The lowest BCUT2D eigenvalue weighted by Gasteiger charge is -2.09. The van der Waals surface area contributed by atoms with Gasteiger partial charge < -0.3 is 8.83 Å². The minimum absolute atomic E-state index is 0.0556. The first-order valence-electron chi connectivity index (χ1n) is 5.42. The molecule has 1 atom stereocenters. The van der Waals surface area contributed by atoms with Crippen LogP contribution in [-0.2, 0) is 10.0 Å². The minimum Gasteiger partial charge on any atom is -0.444 e. The number of oxazole rings is 1. The van der Waals surface area contributed by atoms with Crippen molar-refractivity contribution in [3.63, 3.8) is 0 Å². The van der Waals surface area contributed by atoms with Gasteiger partial charge in [0.25, 0.3) is 10.0 Å². The standard InChI is InChI=1S/C11H12N2O5S/c1-7-5-12-11(17-7)8(2)13-19(15,16)10-4-3-9(6-14)18-10/h3-6,8,13H,1-2H3. The van der Waals surface area contributed by atoms with Crippen LogP contribution in [0.4, 0.5) is 0 Å². The van der Waals surface area contributed by atoms with Crippen molar-refractivity contribution < 1.29 is 22.0 Å². The van der Waals surface area contributed by atoms with E-state index < -0.39 is 16.1 Å². The van der Waals surface area contributed by atoms with E-state index in [0.29, 0.717) is 12.0 Å². The molecule has 0 bridgehead atoms. The predicted molar refractivity (Wildman–Crippen MR) is 64.1 cm³/mol. The van der Waals surface area contributed by atoms with Crippen LogP contribution in [0.3, 0.4) is 0 Å². The number of sulfonamides is 1. The highest BCUT2D eigenvalue weighted by Crippen LogP contribution is 2.18. The fourth-order valence-corrected chi connectivity index (χ4v) is 2.59. The first-order chi connectivity index (χ1) is 8.92. The molecule has 1 N–H and O–H groups in total. The Balaban J connectivity index is 2.19. The number of hydrogen-bond donors (Lipinski definition) is 1. The molecule has 0 saturated carbocycles. The fraction of sp³-hybridized carbons (Fsp3) is 0.273. The predicted octanol–water partition coefficient (Wildman–Crippen LogP) is 1.43. The largest absolute Gasteiger partial charge is 0.444 e. The highest BCUT2D eigenvalue weighted by Gasteiger charge is 2.24. The van der Waals surface area contributed by atoms with Gasteiger partial charge in [0.05, 0.1) is 12.2 Å². The normalized spacial score (nSPS) is 13.4. The van der Waals surface area contributed by atoms with Crippen molar-refractivity contribution in [2.45, 2.75) is 25.0 Å². The van der Waals surface area contributed by atoms with Crippen LogP contribution in [0, 0.1) is 6.92 Å². The van der Waals surface area contributed by atoms with Crippen molar-refractivity contribution in [3.8, 4) is 0 Å². The highest BCUT2D eigenvalue weighted by molar-refractivity contribution is 7.89. The maximum Gasteiger partial charge on any atom is 0.274 e. The van der Waals surface area contributed by atoms with Gasteiger partial charge in [-0.3, -0.25) is 4.79 Å². The number of aryl methyl sites for hydroxylation is 1. The summed E-state index contributed by atoms with van der Waals surface area (Å²) in [6.45, 7) is 3.30. The second kappa shape index (κ2) is 4.98. The second-order valence-electron chi connectivity index (χ2n) is 3.93. The number of aromatic nitrogens is 1. The Morgan fingerprint density at radius 1 is 1.37 bits per heavy atom. The Hall–Kier alpha value is -1.93. The molecular weight excluding hydrogens is 272 g/mol. The van der Waals surface area contributed by atoms with Crippen LogP contribution in [0.5, 0.6) is 0 Å². The highest BCUT2D eigenvalue weighted by atomic mass is 32.2. The first-order valence-corrected chi connectivity index (χ1v) is 6.90. The Bertz CT molecular complexity index is 686. The quantitative estimate of drug-likeness (QED) is 0.833. The van der Waals surface area contributed by atoms with Gasteiger partial charge in [0.15, 0.2) is 12.0 Å². The molecule has 19 heavy (non-hydrogen) atoms. The molecule has 0 aliphatic carbocycles. The number of furan rings is 1. The molecule has 2 aromatic rings. The Labute approximate surface area is 109 Å². The van der Waals surface area contributed by atoms with E-state index in [9.17, 15) is 13.2 Å². The zero-order chi connectivity index (χ0) is 14.0. The van der Waals surface area contributed by atoms with Crippen molar-refractivity contribution >= 4 is 16.3 Å². The van der Waals surface area contributed by atoms with Gasteiger partial charge in [0.2, 0.25) is 11.0 Å². The first kappa shape index (κ1) is 13.5. The van der Waals surface area contributed by atoms with Gasteiger partial charge in [-0.05, 0) is 26.0 Å². The van der Waals surface area contributed by atoms with Crippen LogP contribution in [0.25, 0.3) is 0 Å².